The van der Waals surface area contributed by atoms with Gasteiger partial charge in [-0.1, -0.05) is 44.5 Å². The van der Waals surface area contributed by atoms with Crippen LogP contribution in [0.5, 0.6) is 0 Å². The molecule has 4 rings (SSSR count). The Labute approximate surface area is 229 Å². The summed E-state index contributed by atoms with van der Waals surface area (Å²) in [4.78, 5) is 29.5. The highest BCUT2D eigenvalue weighted by atomic mass is 35.5. The maximum atomic E-state index is 15.3. The molecule has 39 heavy (non-hydrogen) atoms. The summed E-state index contributed by atoms with van der Waals surface area (Å²) in [6.45, 7) is 5.01. The van der Waals surface area contributed by atoms with E-state index in [1.54, 1.807) is 20.8 Å². The van der Waals surface area contributed by atoms with Crippen LogP contribution >= 0.6 is 23.1 Å². The average Bonchev–Trinajstić information content (AvgIpc) is 3.26. The van der Waals surface area contributed by atoms with Crippen LogP contribution in [0.4, 0.5) is 34.8 Å². The standard InChI is InChI=1S/C26H22ClF4N5O2S/c1-25(2,3)24(38)33-12-13-7-8-16(27)18(19(13)28)23(37)35-17-9-10-32-20-21(17)39-36-22(20)34-15-6-4-5-14(11-15)26(29,30)31/h4-11H,12H2,1-3H3,(H,33,38)(H,34,36)(H,32,35,37). The van der Waals surface area contributed by atoms with E-state index in [0.29, 0.717) is 10.2 Å². The Bertz CT molecular complexity index is 1570. The zero-order chi connectivity index (χ0) is 28.5. The third-order valence-corrected chi connectivity index (χ3v) is 6.76. The molecule has 4 aromatic rings. The third kappa shape index (κ3) is 6.28. The van der Waals surface area contributed by atoms with E-state index >= 15 is 4.39 Å². The van der Waals surface area contributed by atoms with Crippen molar-refractivity contribution in [3.05, 3.63) is 76.2 Å². The van der Waals surface area contributed by atoms with Gasteiger partial charge in [0.2, 0.25) is 5.91 Å². The number of alkyl halides is 3. The first kappa shape index (κ1) is 28.2. The minimum Gasteiger partial charge on any atom is -0.351 e. The van der Waals surface area contributed by atoms with Gasteiger partial charge in [0.25, 0.3) is 5.91 Å². The fourth-order valence-electron chi connectivity index (χ4n) is 3.50. The molecule has 7 nitrogen and oxygen atoms in total. The van der Waals surface area contributed by atoms with Gasteiger partial charge in [-0.05, 0) is 41.9 Å². The molecule has 0 saturated carbocycles. The van der Waals surface area contributed by atoms with Crippen LogP contribution in [-0.4, -0.2) is 21.2 Å². The highest BCUT2D eigenvalue weighted by Crippen LogP contribution is 2.35. The molecule has 0 bridgehead atoms. The molecule has 0 unspecified atom stereocenters. The predicted molar refractivity (Wildman–Crippen MR) is 143 cm³/mol. The average molecular weight is 580 g/mol. The minimum absolute atomic E-state index is 0.0763. The molecular weight excluding hydrogens is 558 g/mol. The number of nitrogens with zero attached hydrogens (tertiary/aromatic N) is 2. The van der Waals surface area contributed by atoms with E-state index in [1.807, 2.05) is 0 Å². The maximum absolute atomic E-state index is 15.3. The number of nitrogens with one attached hydrogen (secondary N) is 3. The quantitative estimate of drug-likeness (QED) is 0.211. The van der Waals surface area contributed by atoms with Crippen LogP contribution in [0.1, 0.15) is 42.3 Å². The van der Waals surface area contributed by atoms with E-state index in [9.17, 15) is 22.8 Å². The van der Waals surface area contributed by atoms with E-state index in [2.05, 4.69) is 25.3 Å². The monoisotopic (exact) mass is 579 g/mol. The molecule has 204 valence electrons. The molecule has 0 aliphatic rings. The van der Waals surface area contributed by atoms with Gasteiger partial charge in [-0.25, -0.2) is 4.39 Å². The lowest BCUT2D eigenvalue weighted by molar-refractivity contribution is -0.137. The first-order chi connectivity index (χ1) is 18.3. The Hall–Kier alpha value is -3.77. The van der Waals surface area contributed by atoms with Crippen molar-refractivity contribution in [2.75, 3.05) is 10.6 Å². The molecule has 2 amide bonds. The molecule has 0 fully saturated rings. The SMILES string of the molecule is CC(C)(C)C(=O)NCc1ccc(Cl)c(C(=O)Nc2ccnc3c(Nc4cccc(C(F)(F)F)c4)nsc23)c1F. The second-order valence-electron chi connectivity index (χ2n) is 9.55. The lowest BCUT2D eigenvalue weighted by atomic mass is 9.95. The fourth-order valence-corrected chi connectivity index (χ4v) is 4.50. The van der Waals surface area contributed by atoms with Gasteiger partial charge in [0.15, 0.2) is 5.82 Å². The summed E-state index contributed by atoms with van der Waals surface area (Å²) in [6, 6.07) is 8.84. The van der Waals surface area contributed by atoms with E-state index < -0.39 is 34.4 Å². The van der Waals surface area contributed by atoms with Gasteiger partial charge in [-0.15, -0.1) is 0 Å². The molecule has 0 atom stereocenters. The molecular formula is C26H22ClF4N5O2S. The molecule has 0 aliphatic heterocycles. The van der Waals surface area contributed by atoms with Crippen LogP contribution in [0.3, 0.4) is 0 Å². The van der Waals surface area contributed by atoms with Crippen LogP contribution in [0.15, 0.2) is 48.7 Å². The Balaban J connectivity index is 1.58. The molecule has 0 radical (unpaired) electrons. The number of aromatic nitrogens is 2. The number of hydrogen-bond acceptors (Lipinski definition) is 6. The highest BCUT2D eigenvalue weighted by molar-refractivity contribution is 7.14. The molecule has 2 heterocycles. The molecule has 0 spiro atoms. The summed E-state index contributed by atoms with van der Waals surface area (Å²) in [7, 11) is 0. The number of rotatable bonds is 6. The second-order valence-corrected chi connectivity index (χ2v) is 10.7. The highest BCUT2D eigenvalue weighted by Gasteiger charge is 2.30. The van der Waals surface area contributed by atoms with Gasteiger partial charge in [0, 0.05) is 29.4 Å². The van der Waals surface area contributed by atoms with Gasteiger partial charge in [-0.2, -0.15) is 17.5 Å². The molecule has 3 N–H and O–H groups in total. The zero-order valence-corrected chi connectivity index (χ0v) is 22.4. The first-order valence-corrected chi connectivity index (χ1v) is 12.7. The van der Waals surface area contributed by atoms with Crippen LogP contribution in [-0.2, 0) is 17.5 Å². The van der Waals surface area contributed by atoms with Crippen LogP contribution in [0, 0.1) is 11.2 Å². The van der Waals surface area contributed by atoms with Crippen LogP contribution in [0.25, 0.3) is 10.2 Å². The summed E-state index contributed by atoms with van der Waals surface area (Å²) in [5.74, 6) is -1.82. The zero-order valence-electron chi connectivity index (χ0n) is 20.8. The molecule has 13 heteroatoms. The van der Waals surface area contributed by atoms with E-state index in [4.69, 9.17) is 11.6 Å². The van der Waals surface area contributed by atoms with E-state index in [-0.39, 0.29) is 40.2 Å². The first-order valence-electron chi connectivity index (χ1n) is 11.5. The topological polar surface area (TPSA) is 96.0 Å². The van der Waals surface area contributed by atoms with Gasteiger partial charge >= 0.3 is 6.18 Å². The van der Waals surface area contributed by atoms with Gasteiger partial charge in [-0.3, -0.25) is 14.6 Å². The van der Waals surface area contributed by atoms with Crippen molar-refractivity contribution in [1.82, 2.24) is 14.7 Å². The van der Waals surface area contributed by atoms with Crippen molar-refractivity contribution in [3.63, 3.8) is 0 Å². The van der Waals surface area contributed by atoms with Gasteiger partial charge < -0.3 is 16.0 Å². The normalized spacial score (nSPS) is 11.9. The Morgan fingerprint density at radius 3 is 2.51 bits per heavy atom. The van der Waals surface area contributed by atoms with E-state index in [0.717, 1.165) is 23.7 Å². The smallest absolute Gasteiger partial charge is 0.351 e. The lowest BCUT2D eigenvalue weighted by Gasteiger charge is -2.18. The number of fused-ring (bicyclic) bond motifs is 1. The van der Waals surface area contributed by atoms with Crippen molar-refractivity contribution >= 4 is 62.4 Å². The predicted octanol–water partition coefficient (Wildman–Crippen LogP) is 7.16. The van der Waals surface area contributed by atoms with Crippen molar-refractivity contribution in [1.29, 1.82) is 0 Å². The summed E-state index contributed by atoms with van der Waals surface area (Å²) in [6.07, 6.45) is -3.14. The number of amides is 2. The fraction of sp³-hybridized carbons (Fsp3) is 0.231. The van der Waals surface area contributed by atoms with Crippen molar-refractivity contribution in [2.45, 2.75) is 33.5 Å². The number of carbonyl (C=O) groups excluding carboxylic acids is 2. The van der Waals surface area contributed by atoms with Crippen LogP contribution in [0.2, 0.25) is 5.02 Å². The summed E-state index contributed by atoms with van der Waals surface area (Å²) < 4.78 is 59.2. The van der Waals surface area contributed by atoms with Crippen molar-refractivity contribution in [2.24, 2.45) is 5.41 Å². The number of anilines is 3. The molecule has 0 saturated heterocycles. The summed E-state index contributed by atoms with van der Waals surface area (Å²) >= 11 is 7.10. The third-order valence-electron chi connectivity index (χ3n) is 5.58. The molecule has 0 aliphatic carbocycles. The summed E-state index contributed by atoms with van der Waals surface area (Å²) in [5.41, 5.74) is -1.14. The van der Waals surface area contributed by atoms with E-state index in [1.165, 1.54) is 36.5 Å². The van der Waals surface area contributed by atoms with Crippen molar-refractivity contribution < 1.29 is 27.2 Å². The Kier molecular flexibility index (Phi) is 7.80. The number of halogens is 5. The number of carbonyl (C=O) groups is 2. The number of benzene rings is 2. The largest absolute Gasteiger partial charge is 0.416 e. The Morgan fingerprint density at radius 1 is 1.08 bits per heavy atom. The number of pyridine rings is 1. The second kappa shape index (κ2) is 10.8. The van der Waals surface area contributed by atoms with Crippen molar-refractivity contribution in [3.8, 4) is 0 Å². The molecule has 2 aromatic heterocycles. The maximum Gasteiger partial charge on any atom is 0.416 e. The van der Waals surface area contributed by atoms with Crippen LogP contribution < -0.4 is 16.0 Å². The minimum atomic E-state index is -4.51. The van der Waals surface area contributed by atoms with Gasteiger partial charge in [0.05, 0.1) is 26.5 Å². The number of hydrogen-bond donors (Lipinski definition) is 3. The van der Waals surface area contributed by atoms with Gasteiger partial charge in [0.1, 0.15) is 11.3 Å². The molecule has 2 aromatic carbocycles. The Morgan fingerprint density at radius 2 is 1.82 bits per heavy atom. The summed E-state index contributed by atoms with van der Waals surface area (Å²) in [5, 5.41) is 7.94. The lowest BCUT2D eigenvalue weighted by Crippen LogP contribution is -2.34.